The third kappa shape index (κ3) is 2.75. The van der Waals surface area contributed by atoms with Crippen molar-refractivity contribution in [2.24, 2.45) is 0 Å². The number of ether oxygens (including phenoxy) is 1. The van der Waals surface area contributed by atoms with E-state index in [0.717, 1.165) is 12.8 Å². The van der Waals surface area contributed by atoms with Crippen molar-refractivity contribution in [2.75, 3.05) is 11.5 Å². The van der Waals surface area contributed by atoms with Crippen LogP contribution in [0.3, 0.4) is 0 Å². The molecule has 1 atom stereocenters. The zero-order valence-electron chi connectivity index (χ0n) is 15.9. The van der Waals surface area contributed by atoms with Gasteiger partial charge in [-0.1, -0.05) is 12.1 Å². The van der Waals surface area contributed by atoms with Gasteiger partial charge < -0.3 is 15.0 Å². The number of amides is 3. The lowest BCUT2D eigenvalue weighted by molar-refractivity contribution is -0.160. The molecule has 1 aliphatic carbocycles. The molecule has 8 nitrogen and oxygen atoms in total. The number of benzene rings is 1. The van der Waals surface area contributed by atoms with E-state index in [-0.39, 0.29) is 36.7 Å². The van der Waals surface area contributed by atoms with E-state index in [1.165, 1.54) is 9.80 Å². The van der Waals surface area contributed by atoms with E-state index in [1.807, 2.05) is 0 Å². The smallest absolute Gasteiger partial charge is 0.354 e. The summed E-state index contributed by atoms with van der Waals surface area (Å²) in [6.45, 7) is 3.16. The highest BCUT2D eigenvalue weighted by molar-refractivity contribution is 6.15. The first-order chi connectivity index (χ1) is 13.4. The zero-order chi connectivity index (χ0) is 20.1. The first-order valence-electron chi connectivity index (χ1n) is 9.58. The van der Waals surface area contributed by atoms with Gasteiger partial charge in [-0.25, -0.2) is 4.79 Å². The summed E-state index contributed by atoms with van der Waals surface area (Å²) in [4.78, 5) is 54.1. The highest BCUT2D eigenvalue weighted by atomic mass is 16.5. The summed E-state index contributed by atoms with van der Waals surface area (Å²) in [6.07, 6.45) is 1.85. The lowest BCUT2D eigenvalue weighted by Gasteiger charge is -2.48. The summed E-state index contributed by atoms with van der Waals surface area (Å²) in [5.74, 6) is -1.65. The number of hydrogen-bond acceptors (Lipinski definition) is 5. The van der Waals surface area contributed by atoms with Crippen LogP contribution in [0.2, 0.25) is 0 Å². The van der Waals surface area contributed by atoms with Crippen LogP contribution < -0.4 is 10.2 Å². The molecular formula is C20H23N3O5. The Morgan fingerprint density at radius 3 is 2.64 bits per heavy atom. The Morgan fingerprint density at radius 2 is 1.96 bits per heavy atom. The maximum atomic E-state index is 13.2. The predicted octanol–water partition coefficient (Wildman–Crippen LogP) is 1.20. The molecule has 1 saturated carbocycles. The highest BCUT2D eigenvalue weighted by Crippen LogP contribution is 2.49. The number of nitrogens with one attached hydrogen (secondary N) is 1. The third-order valence-corrected chi connectivity index (χ3v) is 5.32. The Balaban J connectivity index is 1.72. The largest absolute Gasteiger partial charge is 0.452 e. The van der Waals surface area contributed by atoms with Gasteiger partial charge in [0.2, 0.25) is 11.6 Å². The van der Waals surface area contributed by atoms with Gasteiger partial charge in [0, 0.05) is 24.9 Å². The summed E-state index contributed by atoms with van der Waals surface area (Å²) in [7, 11) is 0. The van der Waals surface area contributed by atoms with E-state index in [9.17, 15) is 19.2 Å². The van der Waals surface area contributed by atoms with Crippen LogP contribution in [-0.4, -0.2) is 52.9 Å². The molecule has 148 valence electrons. The van der Waals surface area contributed by atoms with E-state index in [1.54, 1.807) is 38.1 Å². The number of rotatable bonds is 5. The summed E-state index contributed by atoms with van der Waals surface area (Å²) in [6, 6.07) is 6.63. The second-order valence-electron chi connectivity index (χ2n) is 7.77. The molecule has 0 aromatic heterocycles. The lowest BCUT2D eigenvalue weighted by atomic mass is 9.96. The van der Waals surface area contributed by atoms with Crippen LogP contribution in [0.25, 0.3) is 0 Å². The molecule has 0 spiro atoms. The molecule has 0 unspecified atom stereocenters. The van der Waals surface area contributed by atoms with Crippen LogP contribution in [0.15, 0.2) is 24.3 Å². The Kier molecular flexibility index (Phi) is 4.36. The van der Waals surface area contributed by atoms with Crippen molar-refractivity contribution >= 4 is 29.4 Å². The first-order valence-corrected chi connectivity index (χ1v) is 9.58. The van der Waals surface area contributed by atoms with Crippen LogP contribution in [-0.2, 0) is 19.1 Å². The summed E-state index contributed by atoms with van der Waals surface area (Å²) in [5, 5.41) is 2.66. The molecule has 4 rings (SSSR count). The lowest BCUT2D eigenvalue weighted by Crippen LogP contribution is -2.69. The zero-order valence-corrected chi connectivity index (χ0v) is 15.9. The van der Waals surface area contributed by atoms with Crippen LogP contribution in [0, 0.1) is 0 Å². The SMILES string of the molecule is CC(C)NC(=O)COC(=O)[C@@]12CCC(=O)N1c1ccccc1C(=O)N2C1CC1. The van der Waals surface area contributed by atoms with Crippen molar-refractivity contribution in [3.8, 4) is 0 Å². The Bertz CT molecular complexity index is 863. The molecule has 2 aliphatic heterocycles. The predicted molar refractivity (Wildman–Crippen MR) is 99.3 cm³/mol. The molecule has 1 N–H and O–H groups in total. The fourth-order valence-electron chi connectivity index (χ4n) is 4.12. The number of nitrogens with zero attached hydrogens (tertiary/aromatic N) is 2. The van der Waals surface area contributed by atoms with Gasteiger partial charge in [0.05, 0.1) is 11.3 Å². The van der Waals surface area contributed by atoms with Gasteiger partial charge in [-0.2, -0.15) is 0 Å². The van der Waals surface area contributed by atoms with Gasteiger partial charge in [-0.15, -0.1) is 0 Å². The average Bonchev–Trinajstić information content (AvgIpc) is 3.42. The maximum Gasteiger partial charge on any atom is 0.354 e. The summed E-state index contributed by atoms with van der Waals surface area (Å²) >= 11 is 0. The van der Waals surface area contributed by atoms with Crippen molar-refractivity contribution < 1.29 is 23.9 Å². The average molecular weight is 385 g/mol. The highest BCUT2D eigenvalue weighted by Gasteiger charge is 2.64. The summed E-state index contributed by atoms with van der Waals surface area (Å²) in [5.41, 5.74) is -0.678. The quantitative estimate of drug-likeness (QED) is 0.769. The molecule has 28 heavy (non-hydrogen) atoms. The van der Waals surface area contributed by atoms with Gasteiger partial charge in [0.25, 0.3) is 11.8 Å². The molecule has 3 aliphatic rings. The normalized spacial score (nSPS) is 23.5. The molecule has 1 saturated heterocycles. The van der Waals surface area contributed by atoms with Crippen LogP contribution in [0.1, 0.15) is 49.9 Å². The topological polar surface area (TPSA) is 96.0 Å². The number of fused-ring (bicyclic) bond motifs is 3. The minimum absolute atomic E-state index is 0.0833. The second kappa shape index (κ2) is 6.61. The molecule has 1 aromatic rings. The van der Waals surface area contributed by atoms with Crippen LogP contribution in [0.4, 0.5) is 5.69 Å². The van der Waals surface area contributed by atoms with Crippen molar-refractivity contribution in [1.29, 1.82) is 0 Å². The molecular weight excluding hydrogens is 362 g/mol. The van der Waals surface area contributed by atoms with E-state index in [0.29, 0.717) is 11.3 Å². The molecule has 0 radical (unpaired) electrons. The number of carbonyl (C=O) groups excluding carboxylic acids is 4. The van der Waals surface area contributed by atoms with Crippen molar-refractivity contribution in [1.82, 2.24) is 10.2 Å². The second-order valence-corrected chi connectivity index (χ2v) is 7.77. The van der Waals surface area contributed by atoms with E-state index in [4.69, 9.17) is 4.74 Å². The van der Waals surface area contributed by atoms with Gasteiger partial charge in [-0.3, -0.25) is 19.3 Å². The standard InChI is InChI=1S/C20H23N3O5/c1-12(2)21-16(24)11-28-19(27)20-10-9-17(25)23(20)15-6-4-3-5-14(15)18(26)22(20)13-7-8-13/h3-6,12-13H,7-11H2,1-2H3,(H,21,24)/t20-/m1/s1. The number of carbonyl (C=O) groups is 4. The fraction of sp³-hybridized carbons (Fsp3) is 0.500. The van der Waals surface area contributed by atoms with E-state index < -0.39 is 24.1 Å². The third-order valence-electron chi connectivity index (χ3n) is 5.32. The van der Waals surface area contributed by atoms with Crippen molar-refractivity contribution in [3.63, 3.8) is 0 Å². The minimum Gasteiger partial charge on any atom is -0.452 e. The summed E-state index contributed by atoms with van der Waals surface area (Å²) < 4.78 is 5.33. The van der Waals surface area contributed by atoms with Crippen LogP contribution in [0.5, 0.6) is 0 Å². The van der Waals surface area contributed by atoms with Crippen molar-refractivity contribution in [3.05, 3.63) is 29.8 Å². The maximum absolute atomic E-state index is 13.2. The number of para-hydroxylation sites is 1. The Labute approximate surface area is 162 Å². The minimum atomic E-state index is -1.51. The van der Waals surface area contributed by atoms with Gasteiger partial charge >= 0.3 is 5.97 Å². The molecule has 0 bridgehead atoms. The first kappa shape index (κ1) is 18.5. The number of esters is 1. The molecule has 2 heterocycles. The Hall–Kier alpha value is -2.90. The van der Waals surface area contributed by atoms with Gasteiger partial charge in [0.1, 0.15) is 0 Å². The van der Waals surface area contributed by atoms with Crippen LogP contribution >= 0.6 is 0 Å². The molecule has 3 amide bonds. The molecule has 2 fully saturated rings. The van der Waals surface area contributed by atoms with E-state index >= 15 is 0 Å². The fourth-order valence-corrected chi connectivity index (χ4v) is 4.12. The Morgan fingerprint density at radius 1 is 1.25 bits per heavy atom. The van der Waals surface area contributed by atoms with Crippen molar-refractivity contribution in [2.45, 2.75) is 57.3 Å². The monoisotopic (exact) mass is 385 g/mol. The molecule has 8 heteroatoms. The number of anilines is 1. The molecule has 1 aromatic carbocycles. The van der Waals surface area contributed by atoms with E-state index in [2.05, 4.69) is 5.32 Å². The number of hydrogen-bond donors (Lipinski definition) is 1. The van der Waals surface area contributed by atoms with Gasteiger partial charge in [0.15, 0.2) is 6.61 Å². The van der Waals surface area contributed by atoms with Gasteiger partial charge in [-0.05, 0) is 38.8 Å².